The Bertz CT molecular complexity index is 1260. The molecule has 8 nitrogen and oxygen atoms in total. The SMILES string of the molecule is NC(=O)c1c(O)c(=O)[nH]c2ccc(CCc3nc4cc(O)ccc4s3)nc12. The fraction of sp³-hybridized carbons (Fsp3) is 0.111. The number of aromatic amines is 1. The van der Waals surface area contributed by atoms with Crippen molar-refractivity contribution in [2.75, 3.05) is 0 Å². The molecule has 9 heteroatoms. The van der Waals surface area contributed by atoms with Crippen LogP contribution in [0.5, 0.6) is 11.5 Å². The lowest BCUT2D eigenvalue weighted by atomic mass is 10.1. The molecular weight excluding hydrogens is 368 g/mol. The van der Waals surface area contributed by atoms with Crippen molar-refractivity contribution in [2.24, 2.45) is 5.73 Å². The van der Waals surface area contributed by atoms with Crippen molar-refractivity contribution in [3.05, 3.63) is 57.0 Å². The molecular formula is C18H14N4O4S. The first-order chi connectivity index (χ1) is 12.9. The van der Waals surface area contributed by atoms with Crippen molar-refractivity contribution >= 4 is 38.5 Å². The number of phenolic OH excluding ortho intramolecular Hbond substituents is 1. The van der Waals surface area contributed by atoms with Gasteiger partial charge in [-0.3, -0.25) is 14.6 Å². The molecule has 1 aromatic carbocycles. The quantitative estimate of drug-likeness (QED) is 0.424. The average molecular weight is 382 g/mol. The lowest BCUT2D eigenvalue weighted by molar-refractivity contribution is 0.0999. The molecule has 4 rings (SSSR count). The van der Waals surface area contributed by atoms with Gasteiger partial charge >= 0.3 is 0 Å². The number of phenols is 1. The minimum absolute atomic E-state index is 0.159. The van der Waals surface area contributed by atoms with E-state index in [2.05, 4.69) is 15.0 Å². The standard InChI is InChI=1S/C18H14N4O4S/c19-17(25)14-15-10(22-18(26)16(14)24)4-1-8(20-15)2-6-13-21-11-7-9(23)3-5-12(11)27-13/h1,3-5,7,23-24H,2,6H2,(H2,19,25)(H,22,26). The van der Waals surface area contributed by atoms with Gasteiger partial charge in [-0.25, -0.2) is 4.98 Å². The van der Waals surface area contributed by atoms with Crippen LogP contribution in [0.2, 0.25) is 0 Å². The number of nitrogens with one attached hydrogen (secondary N) is 1. The number of primary amides is 1. The first-order valence-corrected chi connectivity index (χ1v) is 8.87. The van der Waals surface area contributed by atoms with E-state index in [1.165, 1.54) is 11.3 Å². The Balaban J connectivity index is 1.67. The van der Waals surface area contributed by atoms with Crippen molar-refractivity contribution in [1.29, 1.82) is 0 Å². The molecule has 0 spiro atoms. The van der Waals surface area contributed by atoms with Crippen LogP contribution in [0, 0.1) is 0 Å². The molecule has 3 aromatic heterocycles. The van der Waals surface area contributed by atoms with Crippen molar-refractivity contribution in [3.63, 3.8) is 0 Å². The number of aryl methyl sites for hydroxylation is 2. The van der Waals surface area contributed by atoms with Crippen molar-refractivity contribution in [2.45, 2.75) is 12.8 Å². The van der Waals surface area contributed by atoms with Gasteiger partial charge in [-0.15, -0.1) is 11.3 Å². The number of aromatic hydroxyl groups is 2. The zero-order valence-corrected chi connectivity index (χ0v) is 14.7. The summed E-state index contributed by atoms with van der Waals surface area (Å²) in [6.45, 7) is 0. The Morgan fingerprint density at radius 3 is 2.74 bits per heavy atom. The van der Waals surface area contributed by atoms with Crippen LogP contribution < -0.4 is 11.3 Å². The molecule has 0 saturated carbocycles. The number of hydrogen-bond donors (Lipinski definition) is 4. The van der Waals surface area contributed by atoms with E-state index in [1.54, 1.807) is 24.3 Å². The van der Waals surface area contributed by atoms with Crippen LogP contribution in [0.3, 0.4) is 0 Å². The number of carbonyl (C=O) groups is 1. The molecule has 5 N–H and O–H groups in total. The first-order valence-electron chi connectivity index (χ1n) is 8.05. The number of benzene rings is 1. The Morgan fingerprint density at radius 2 is 1.96 bits per heavy atom. The Morgan fingerprint density at radius 1 is 1.15 bits per heavy atom. The van der Waals surface area contributed by atoms with Gasteiger partial charge in [0.15, 0.2) is 5.75 Å². The van der Waals surface area contributed by atoms with Crippen LogP contribution in [0.25, 0.3) is 21.3 Å². The minimum Gasteiger partial charge on any atom is -0.508 e. The van der Waals surface area contributed by atoms with Gasteiger partial charge in [-0.2, -0.15) is 0 Å². The van der Waals surface area contributed by atoms with Gasteiger partial charge in [-0.1, -0.05) is 0 Å². The van der Waals surface area contributed by atoms with E-state index in [0.717, 1.165) is 15.2 Å². The van der Waals surface area contributed by atoms with E-state index in [0.29, 0.717) is 24.1 Å². The summed E-state index contributed by atoms with van der Waals surface area (Å²) >= 11 is 1.53. The fourth-order valence-electron chi connectivity index (χ4n) is 2.88. The molecule has 0 aliphatic rings. The summed E-state index contributed by atoms with van der Waals surface area (Å²) in [6, 6.07) is 8.41. The van der Waals surface area contributed by atoms with E-state index < -0.39 is 17.2 Å². The summed E-state index contributed by atoms with van der Waals surface area (Å²) in [4.78, 5) is 34.7. The molecule has 3 heterocycles. The molecule has 0 bridgehead atoms. The predicted molar refractivity (Wildman–Crippen MR) is 101 cm³/mol. The zero-order valence-electron chi connectivity index (χ0n) is 13.9. The first kappa shape index (κ1) is 17.0. The van der Waals surface area contributed by atoms with Gasteiger partial charge in [0.25, 0.3) is 11.5 Å². The second kappa shape index (κ2) is 6.36. The molecule has 136 valence electrons. The van der Waals surface area contributed by atoms with Crippen LogP contribution in [-0.4, -0.2) is 31.1 Å². The molecule has 0 radical (unpaired) electrons. The Kier molecular flexibility index (Phi) is 4.00. The summed E-state index contributed by atoms with van der Waals surface area (Å²) in [7, 11) is 0. The molecule has 1 amide bonds. The maximum atomic E-state index is 11.7. The second-order valence-electron chi connectivity index (χ2n) is 6.00. The molecule has 0 saturated heterocycles. The number of nitrogens with two attached hydrogens (primary N) is 1. The van der Waals surface area contributed by atoms with Gasteiger partial charge in [0.2, 0.25) is 0 Å². The van der Waals surface area contributed by atoms with Gasteiger partial charge in [0.1, 0.15) is 16.8 Å². The average Bonchev–Trinajstić information content (AvgIpc) is 3.02. The monoisotopic (exact) mass is 382 g/mol. The zero-order chi connectivity index (χ0) is 19.1. The number of aromatic nitrogens is 3. The molecule has 0 aliphatic heterocycles. The van der Waals surface area contributed by atoms with Gasteiger partial charge in [0, 0.05) is 18.2 Å². The highest BCUT2D eigenvalue weighted by Gasteiger charge is 2.18. The van der Waals surface area contributed by atoms with E-state index in [1.807, 2.05) is 6.07 Å². The maximum absolute atomic E-state index is 11.7. The molecule has 27 heavy (non-hydrogen) atoms. The summed E-state index contributed by atoms with van der Waals surface area (Å²) in [5, 5.41) is 20.3. The Hall–Kier alpha value is -3.46. The number of hydrogen-bond acceptors (Lipinski definition) is 7. The summed E-state index contributed by atoms with van der Waals surface area (Å²) in [5.41, 5.74) is 6.11. The number of fused-ring (bicyclic) bond motifs is 2. The maximum Gasteiger partial charge on any atom is 0.291 e. The van der Waals surface area contributed by atoms with Crippen LogP contribution in [0.1, 0.15) is 21.1 Å². The Labute approximate surface area is 155 Å². The highest BCUT2D eigenvalue weighted by molar-refractivity contribution is 7.18. The van der Waals surface area contributed by atoms with Crippen LogP contribution in [0.4, 0.5) is 0 Å². The molecule has 0 aliphatic carbocycles. The van der Waals surface area contributed by atoms with Crippen molar-refractivity contribution < 1.29 is 15.0 Å². The second-order valence-corrected chi connectivity index (χ2v) is 7.12. The molecule has 0 atom stereocenters. The smallest absolute Gasteiger partial charge is 0.291 e. The third-order valence-electron chi connectivity index (χ3n) is 4.15. The summed E-state index contributed by atoms with van der Waals surface area (Å²) in [6.07, 6.45) is 1.15. The molecule has 4 aromatic rings. The van der Waals surface area contributed by atoms with E-state index in [-0.39, 0.29) is 16.8 Å². The highest BCUT2D eigenvalue weighted by atomic mass is 32.1. The van der Waals surface area contributed by atoms with Gasteiger partial charge in [-0.05, 0) is 30.7 Å². The van der Waals surface area contributed by atoms with Crippen LogP contribution in [0.15, 0.2) is 35.1 Å². The van der Waals surface area contributed by atoms with Crippen LogP contribution in [-0.2, 0) is 12.8 Å². The largest absolute Gasteiger partial charge is 0.508 e. The lowest BCUT2D eigenvalue weighted by Crippen LogP contribution is -2.18. The van der Waals surface area contributed by atoms with E-state index >= 15 is 0 Å². The number of H-pyrrole nitrogens is 1. The van der Waals surface area contributed by atoms with Crippen molar-refractivity contribution in [1.82, 2.24) is 15.0 Å². The van der Waals surface area contributed by atoms with Gasteiger partial charge < -0.3 is 20.9 Å². The number of thiazole rings is 1. The summed E-state index contributed by atoms with van der Waals surface area (Å²) in [5.74, 6) is -1.48. The van der Waals surface area contributed by atoms with Crippen molar-refractivity contribution in [3.8, 4) is 11.5 Å². The van der Waals surface area contributed by atoms with E-state index in [4.69, 9.17) is 5.73 Å². The van der Waals surface area contributed by atoms with Gasteiger partial charge in [0.05, 0.1) is 20.7 Å². The third kappa shape index (κ3) is 3.08. The predicted octanol–water partition coefficient (Wildman–Crippen LogP) is 1.83. The highest BCUT2D eigenvalue weighted by Crippen LogP contribution is 2.26. The number of carbonyl (C=O) groups excluding carboxylic acids is 1. The number of amides is 1. The molecule has 0 unspecified atom stereocenters. The number of nitrogens with zero attached hydrogens (tertiary/aromatic N) is 2. The lowest BCUT2D eigenvalue weighted by Gasteiger charge is -2.07. The van der Waals surface area contributed by atoms with Crippen LogP contribution >= 0.6 is 11.3 Å². The number of rotatable bonds is 4. The fourth-order valence-corrected chi connectivity index (χ4v) is 3.82. The minimum atomic E-state index is -0.917. The summed E-state index contributed by atoms with van der Waals surface area (Å²) < 4.78 is 0.979. The topological polar surface area (TPSA) is 142 Å². The third-order valence-corrected chi connectivity index (χ3v) is 5.24. The number of pyridine rings is 2. The van der Waals surface area contributed by atoms with E-state index in [9.17, 15) is 19.8 Å². The molecule has 0 fully saturated rings. The normalized spacial score (nSPS) is 11.3.